The van der Waals surface area contributed by atoms with Crippen molar-refractivity contribution in [2.75, 3.05) is 19.6 Å². The lowest BCUT2D eigenvalue weighted by Gasteiger charge is -2.41. The molecule has 2 fully saturated rings. The molecule has 7 rings (SSSR count). The second-order valence-electron chi connectivity index (χ2n) is 16.0. The number of unbranched alkanes of at least 4 members (excludes halogenated alkanes) is 1. The zero-order valence-electron chi connectivity index (χ0n) is 31.3. The minimum atomic E-state index is -0.732. The maximum atomic E-state index is 15.1. The molecule has 2 aliphatic heterocycles. The van der Waals surface area contributed by atoms with Crippen LogP contribution in [-0.4, -0.2) is 67.0 Å². The van der Waals surface area contributed by atoms with Gasteiger partial charge in [-0.3, -0.25) is 19.7 Å². The average Bonchev–Trinajstić information content (AvgIpc) is 3.85. The number of piperidine rings is 2. The molecule has 0 aliphatic carbocycles. The normalized spacial score (nSPS) is 20.0. The summed E-state index contributed by atoms with van der Waals surface area (Å²) in [5.74, 6) is -1.23. The molecule has 3 amide bonds. The standard InChI is InChI=1S/C41H47FN8O4/c1-40(2,3)32-21-41(4,39(53)47-37(32)51)31-12-10-27(11-13-31)28-14-17-49(18-15-28)16-6-5-7-26-19-34-35(44-24-46-50(34)23-26)29-8-9-30(33(42)20-29)22-43-38(52)36-45-25-54-48-36/h8-13,19-20,23-25,28,32H,5-7,14-18,21-22H2,1-4H3,(H,43,52)(H,47,51,53). The van der Waals surface area contributed by atoms with Gasteiger partial charge < -0.3 is 14.7 Å². The average molecular weight is 735 g/mol. The van der Waals surface area contributed by atoms with Crippen LogP contribution in [-0.2, 0) is 28.0 Å². The van der Waals surface area contributed by atoms with E-state index in [1.165, 1.54) is 18.0 Å². The lowest BCUT2D eigenvalue weighted by molar-refractivity contribution is -0.143. The van der Waals surface area contributed by atoms with Crippen LogP contribution in [0.15, 0.2) is 72.0 Å². The first-order valence-corrected chi connectivity index (χ1v) is 18.7. The van der Waals surface area contributed by atoms with Crippen LogP contribution >= 0.6 is 0 Å². The van der Waals surface area contributed by atoms with Gasteiger partial charge in [0.15, 0.2) is 0 Å². The Morgan fingerprint density at radius 2 is 1.83 bits per heavy atom. The van der Waals surface area contributed by atoms with Crippen molar-refractivity contribution >= 4 is 23.2 Å². The van der Waals surface area contributed by atoms with E-state index in [9.17, 15) is 14.4 Å². The van der Waals surface area contributed by atoms with Crippen molar-refractivity contribution in [1.82, 2.24) is 40.3 Å². The van der Waals surface area contributed by atoms with Crippen LogP contribution < -0.4 is 10.6 Å². The fourth-order valence-electron chi connectivity index (χ4n) is 7.86. The number of halogens is 1. The molecule has 2 aromatic carbocycles. The third-order valence-electron chi connectivity index (χ3n) is 11.3. The number of amides is 3. The van der Waals surface area contributed by atoms with E-state index < -0.39 is 17.1 Å². The Morgan fingerprint density at radius 3 is 2.54 bits per heavy atom. The summed E-state index contributed by atoms with van der Waals surface area (Å²) in [5, 5.41) is 13.1. The van der Waals surface area contributed by atoms with Crippen LogP contribution in [0.25, 0.3) is 16.8 Å². The Bertz CT molecular complexity index is 2130. The molecule has 13 heteroatoms. The van der Waals surface area contributed by atoms with Crippen molar-refractivity contribution in [2.24, 2.45) is 11.3 Å². The van der Waals surface area contributed by atoms with E-state index >= 15 is 4.39 Å². The summed E-state index contributed by atoms with van der Waals surface area (Å²) >= 11 is 0. The van der Waals surface area contributed by atoms with Crippen molar-refractivity contribution in [1.29, 1.82) is 0 Å². The summed E-state index contributed by atoms with van der Waals surface area (Å²) in [6.07, 6.45) is 10.3. The first-order valence-electron chi connectivity index (χ1n) is 18.7. The van der Waals surface area contributed by atoms with Gasteiger partial charge in [-0.25, -0.2) is 13.9 Å². The van der Waals surface area contributed by atoms with E-state index in [0.717, 1.165) is 74.8 Å². The fourth-order valence-corrected chi connectivity index (χ4v) is 7.86. The molecule has 54 heavy (non-hydrogen) atoms. The maximum absolute atomic E-state index is 15.1. The van der Waals surface area contributed by atoms with Crippen molar-refractivity contribution < 1.29 is 23.3 Å². The first-order chi connectivity index (χ1) is 25.9. The summed E-state index contributed by atoms with van der Waals surface area (Å²) in [5.41, 5.74) is 4.86. The number of fused-ring (bicyclic) bond motifs is 1. The fraction of sp³-hybridized carbons (Fsp3) is 0.439. The smallest absolute Gasteiger partial charge is 0.292 e. The maximum Gasteiger partial charge on any atom is 0.292 e. The largest absolute Gasteiger partial charge is 0.345 e. The van der Waals surface area contributed by atoms with Gasteiger partial charge in [-0.1, -0.05) is 62.3 Å². The predicted octanol–water partition coefficient (Wildman–Crippen LogP) is 6.02. The number of carbonyl (C=O) groups is 3. The van der Waals surface area contributed by atoms with Gasteiger partial charge in [0.2, 0.25) is 18.2 Å². The molecule has 0 spiro atoms. The molecule has 5 aromatic rings. The molecular formula is C41H47FN8O4. The minimum Gasteiger partial charge on any atom is -0.345 e. The lowest BCUT2D eigenvalue weighted by atomic mass is 9.65. The summed E-state index contributed by atoms with van der Waals surface area (Å²) in [4.78, 5) is 48.4. The number of imide groups is 1. The van der Waals surface area contributed by atoms with Crippen LogP contribution in [0.3, 0.4) is 0 Å². The van der Waals surface area contributed by atoms with E-state index in [2.05, 4.69) is 91.4 Å². The second kappa shape index (κ2) is 15.2. The van der Waals surface area contributed by atoms with Crippen LogP contribution in [0.2, 0.25) is 0 Å². The number of carbonyl (C=O) groups excluding carboxylic acids is 3. The Labute approximate surface area is 313 Å². The SMILES string of the molecule is CC1(c2ccc(C3CCN(CCCCc4cc5c(-c6ccc(CNC(=O)c7ncon7)c(F)c6)ncnn5c4)CC3)cc2)CC(C(C)(C)C)C(=O)NC1=O. The van der Waals surface area contributed by atoms with E-state index in [1.807, 2.05) is 13.1 Å². The highest BCUT2D eigenvalue weighted by Crippen LogP contribution is 2.42. The number of hydrogen-bond acceptors (Lipinski definition) is 9. The van der Waals surface area contributed by atoms with E-state index in [0.29, 0.717) is 29.2 Å². The van der Waals surface area contributed by atoms with Crippen LogP contribution in [0.1, 0.15) is 98.6 Å². The quantitative estimate of drug-likeness (QED) is 0.123. The van der Waals surface area contributed by atoms with Gasteiger partial charge >= 0.3 is 0 Å². The number of aryl methyl sites for hydroxylation is 1. The van der Waals surface area contributed by atoms with Crippen molar-refractivity contribution in [2.45, 2.75) is 84.1 Å². The number of rotatable bonds is 11. The molecule has 2 atom stereocenters. The molecule has 12 nitrogen and oxygen atoms in total. The van der Waals surface area contributed by atoms with E-state index in [-0.39, 0.29) is 35.5 Å². The zero-order valence-corrected chi connectivity index (χ0v) is 31.3. The van der Waals surface area contributed by atoms with Crippen LogP contribution in [0, 0.1) is 17.2 Å². The molecule has 2 unspecified atom stereocenters. The number of benzene rings is 2. The predicted molar refractivity (Wildman–Crippen MR) is 200 cm³/mol. The highest BCUT2D eigenvalue weighted by atomic mass is 19.1. The van der Waals surface area contributed by atoms with E-state index in [4.69, 9.17) is 0 Å². The Kier molecular flexibility index (Phi) is 10.4. The van der Waals surface area contributed by atoms with Gasteiger partial charge in [0.1, 0.15) is 12.1 Å². The van der Waals surface area contributed by atoms with Crippen LogP contribution in [0.4, 0.5) is 4.39 Å². The molecular weight excluding hydrogens is 688 g/mol. The minimum absolute atomic E-state index is 0.0222. The summed E-state index contributed by atoms with van der Waals surface area (Å²) in [6.45, 7) is 11.3. The highest BCUT2D eigenvalue weighted by molar-refractivity contribution is 6.04. The molecule has 0 bridgehead atoms. The molecule has 0 saturated carbocycles. The van der Waals surface area contributed by atoms with Crippen molar-refractivity contribution in [3.8, 4) is 11.3 Å². The number of nitrogens with zero attached hydrogens (tertiary/aromatic N) is 6. The number of nitrogens with one attached hydrogen (secondary N) is 2. The number of hydrogen-bond donors (Lipinski definition) is 2. The topological polar surface area (TPSA) is 148 Å². The molecule has 2 aliphatic rings. The van der Waals surface area contributed by atoms with Gasteiger partial charge in [0.25, 0.3) is 11.7 Å². The van der Waals surface area contributed by atoms with Gasteiger partial charge in [-0.05, 0) is 105 Å². The van der Waals surface area contributed by atoms with Gasteiger partial charge in [0.05, 0.1) is 16.6 Å². The summed E-state index contributed by atoms with van der Waals surface area (Å²) < 4.78 is 21.5. The van der Waals surface area contributed by atoms with Gasteiger partial charge in [-0.15, -0.1) is 0 Å². The highest BCUT2D eigenvalue weighted by Gasteiger charge is 2.48. The first kappa shape index (κ1) is 37.0. The zero-order chi connectivity index (χ0) is 38.0. The van der Waals surface area contributed by atoms with E-state index in [1.54, 1.807) is 16.6 Å². The Morgan fingerprint density at radius 1 is 1.06 bits per heavy atom. The molecule has 282 valence electrons. The molecule has 3 aromatic heterocycles. The Hall–Kier alpha value is -5.30. The third kappa shape index (κ3) is 7.82. The lowest BCUT2D eigenvalue weighted by Crippen LogP contribution is -2.56. The van der Waals surface area contributed by atoms with Crippen molar-refractivity contribution in [3.05, 3.63) is 101 Å². The Balaban J connectivity index is 0.884. The summed E-state index contributed by atoms with van der Waals surface area (Å²) in [6, 6.07) is 15.5. The molecule has 2 saturated heterocycles. The second-order valence-corrected chi connectivity index (χ2v) is 16.0. The number of likely N-dealkylation sites (tertiary alicyclic amines) is 1. The molecule has 5 heterocycles. The van der Waals surface area contributed by atoms with Crippen molar-refractivity contribution in [3.63, 3.8) is 0 Å². The van der Waals surface area contributed by atoms with Crippen LogP contribution in [0.5, 0.6) is 0 Å². The monoisotopic (exact) mass is 734 g/mol. The van der Waals surface area contributed by atoms with Gasteiger partial charge in [0, 0.05) is 29.8 Å². The summed E-state index contributed by atoms with van der Waals surface area (Å²) in [7, 11) is 0. The van der Waals surface area contributed by atoms with Gasteiger partial charge in [-0.2, -0.15) is 10.1 Å². The molecule has 0 radical (unpaired) electrons. The third-order valence-corrected chi connectivity index (χ3v) is 11.3. The number of aromatic nitrogens is 5. The molecule has 2 N–H and O–H groups in total.